The van der Waals surface area contributed by atoms with Crippen molar-refractivity contribution in [3.63, 3.8) is 0 Å². The Morgan fingerprint density at radius 1 is 1.35 bits per heavy atom. The van der Waals surface area contributed by atoms with E-state index in [2.05, 4.69) is 15.5 Å². The maximum absolute atomic E-state index is 5.60. The maximum atomic E-state index is 5.60. The molecule has 0 bridgehead atoms. The number of anilines is 2. The number of nitrogens with one attached hydrogen (secondary N) is 1. The van der Waals surface area contributed by atoms with Crippen LogP contribution in [0.15, 0.2) is 33.6 Å². The molecule has 1 heterocycles. The summed E-state index contributed by atoms with van der Waals surface area (Å²) >= 11 is 7.26. The van der Waals surface area contributed by atoms with Gasteiger partial charge in [0.2, 0.25) is 5.89 Å². The van der Waals surface area contributed by atoms with E-state index >= 15 is 0 Å². The summed E-state index contributed by atoms with van der Waals surface area (Å²) in [5, 5.41) is 10.9. The molecule has 1 N–H and O–H groups in total. The highest BCUT2D eigenvalue weighted by Gasteiger charge is 2.07. The summed E-state index contributed by atoms with van der Waals surface area (Å²) in [6, 6.07) is 8.34. The molecule has 0 fully saturated rings. The van der Waals surface area contributed by atoms with E-state index in [4.69, 9.17) is 16.0 Å². The van der Waals surface area contributed by atoms with Crippen molar-refractivity contribution in [2.45, 2.75) is 11.3 Å². The maximum Gasteiger partial charge on any atom is 0.320 e. The molecule has 0 unspecified atom stereocenters. The Morgan fingerprint density at radius 3 is 2.94 bits per heavy atom. The topological polar surface area (TPSA) is 51.0 Å². The Kier molecular flexibility index (Phi) is 4.28. The van der Waals surface area contributed by atoms with Crippen LogP contribution in [0.1, 0.15) is 5.89 Å². The largest absolute Gasteiger partial charge is 0.408 e. The Balaban J connectivity index is 2.13. The number of benzene rings is 1. The molecule has 0 saturated heterocycles. The van der Waals surface area contributed by atoms with Gasteiger partial charge in [0.05, 0.1) is 5.69 Å². The molecule has 0 amide bonds. The molecule has 0 radical (unpaired) electrons. The van der Waals surface area contributed by atoms with Crippen LogP contribution in [-0.2, 0) is 6.42 Å². The van der Waals surface area contributed by atoms with Crippen molar-refractivity contribution in [2.24, 2.45) is 0 Å². The number of rotatable bonds is 5. The highest BCUT2D eigenvalue weighted by Crippen LogP contribution is 2.27. The number of nitrogens with zero attached hydrogens (tertiary/aromatic N) is 2. The van der Waals surface area contributed by atoms with Crippen molar-refractivity contribution in [1.82, 2.24) is 10.2 Å². The van der Waals surface area contributed by atoms with Gasteiger partial charge in [-0.3, -0.25) is 0 Å². The summed E-state index contributed by atoms with van der Waals surface area (Å²) in [6.07, 6.45) is 2.60. The SMILES string of the molecule is CSc1ccccc1Nc1nnc(CCCl)o1. The van der Waals surface area contributed by atoms with Crippen LogP contribution in [0.25, 0.3) is 0 Å². The number of halogens is 1. The first-order chi connectivity index (χ1) is 8.33. The van der Waals surface area contributed by atoms with Gasteiger partial charge >= 0.3 is 6.01 Å². The first-order valence-corrected chi connectivity index (χ1v) is 6.88. The molecule has 4 nitrogen and oxygen atoms in total. The van der Waals surface area contributed by atoms with Crippen LogP contribution in [0.3, 0.4) is 0 Å². The number of hydrogen-bond donors (Lipinski definition) is 1. The van der Waals surface area contributed by atoms with Crippen molar-refractivity contribution >= 4 is 35.1 Å². The first kappa shape index (κ1) is 12.3. The van der Waals surface area contributed by atoms with E-state index in [0.717, 1.165) is 10.6 Å². The molecule has 0 aliphatic carbocycles. The zero-order valence-corrected chi connectivity index (χ0v) is 10.9. The molecule has 2 aromatic rings. The molecule has 0 saturated carbocycles. The molecule has 2 rings (SSSR count). The van der Waals surface area contributed by atoms with Gasteiger partial charge in [-0.15, -0.1) is 28.5 Å². The molecule has 0 spiro atoms. The summed E-state index contributed by atoms with van der Waals surface area (Å²) in [5.41, 5.74) is 0.959. The predicted octanol–water partition coefficient (Wildman–Crippen LogP) is 3.32. The van der Waals surface area contributed by atoms with Crippen LogP contribution in [0.5, 0.6) is 0 Å². The van der Waals surface area contributed by atoms with Gasteiger partial charge in [-0.2, -0.15) is 0 Å². The number of hydrogen-bond acceptors (Lipinski definition) is 5. The zero-order chi connectivity index (χ0) is 12.1. The third-order valence-corrected chi connectivity index (χ3v) is 3.11. The van der Waals surface area contributed by atoms with E-state index in [1.165, 1.54) is 0 Å². The molecule has 1 aromatic heterocycles. The molecule has 90 valence electrons. The Bertz CT molecular complexity index is 489. The molecule has 1 aromatic carbocycles. The number of aryl methyl sites for hydroxylation is 1. The van der Waals surface area contributed by atoms with Gasteiger partial charge < -0.3 is 9.73 Å². The normalized spacial score (nSPS) is 10.5. The van der Waals surface area contributed by atoms with Gasteiger partial charge in [0.1, 0.15) is 0 Å². The zero-order valence-electron chi connectivity index (χ0n) is 9.31. The van der Waals surface area contributed by atoms with Gasteiger partial charge in [0.25, 0.3) is 0 Å². The minimum Gasteiger partial charge on any atom is -0.408 e. The van der Waals surface area contributed by atoms with E-state index < -0.39 is 0 Å². The number of alkyl halides is 1. The van der Waals surface area contributed by atoms with E-state index in [-0.39, 0.29) is 0 Å². The third-order valence-electron chi connectivity index (χ3n) is 2.12. The second-order valence-corrected chi connectivity index (χ2v) is 4.49. The fourth-order valence-electron chi connectivity index (χ4n) is 1.35. The van der Waals surface area contributed by atoms with Crippen LogP contribution in [-0.4, -0.2) is 22.3 Å². The predicted molar refractivity (Wildman–Crippen MR) is 70.2 cm³/mol. The first-order valence-electron chi connectivity index (χ1n) is 5.12. The van der Waals surface area contributed by atoms with E-state index in [9.17, 15) is 0 Å². The summed E-state index contributed by atoms with van der Waals surface area (Å²) in [7, 11) is 0. The summed E-state index contributed by atoms with van der Waals surface area (Å²) in [6.45, 7) is 0. The quantitative estimate of drug-likeness (QED) is 0.667. The Labute approximate surface area is 109 Å². The van der Waals surface area contributed by atoms with Crippen molar-refractivity contribution in [3.8, 4) is 0 Å². The van der Waals surface area contributed by atoms with E-state index in [1.807, 2.05) is 30.5 Å². The molecular formula is C11H12ClN3OS. The second kappa shape index (κ2) is 5.93. The van der Waals surface area contributed by atoms with E-state index in [1.54, 1.807) is 11.8 Å². The highest BCUT2D eigenvalue weighted by molar-refractivity contribution is 7.98. The van der Waals surface area contributed by atoms with Crippen LogP contribution in [0.2, 0.25) is 0 Å². The molecule has 0 aliphatic heterocycles. The van der Waals surface area contributed by atoms with Crippen molar-refractivity contribution in [1.29, 1.82) is 0 Å². The average Bonchev–Trinajstić information content (AvgIpc) is 2.78. The standard InChI is InChI=1S/C11H12ClN3OS/c1-17-9-5-3-2-4-8(9)13-11-15-14-10(16-11)6-7-12/h2-5H,6-7H2,1H3,(H,13,15). The minimum absolute atomic E-state index is 0.395. The lowest BCUT2D eigenvalue weighted by atomic mass is 10.3. The van der Waals surface area contributed by atoms with Crippen LogP contribution in [0.4, 0.5) is 11.7 Å². The summed E-state index contributed by atoms with van der Waals surface area (Å²) in [4.78, 5) is 1.13. The average molecular weight is 270 g/mol. The van der Waals surface area contributed by atoms with Crippen molar-refractivity contribution in [3.05, 3.63) is 30.2 Å². The Hall–Kier alpha value is -1.20. The lowest BCUT2D eigenvalue weighted by Crippen LogP contribution is -1.92. The van der Waals surface area contributed by atoms with Crippen molar-refractivity contribution < 1.29 is 4.42 Å². The third kappa shape index (κ3) is 3.14. The number of thioether (sulfide) groups is 1. The van der Waals surface area contributed by atoms with Gasteiger partial charge in [-0.05, 0) is 18.4 Å². The highest BCUT2D eigenvalue weighted by atomic mass is 35.5. The molecule has 0 atom stereocenters. The smallest absolute Gasteiger partial charge is 0.320 e. The van der Waals surface area contributed by atoms with Crippen LogP contribution >= 0.6 is 23.4 Å². The molecule has 6 heteroatoms. The Morgan fingerprint density at radius 2 is 2.18 bits per heavy atom. The van der Waals surface area contributed by atoms with Crippen LogP contribution in [0, 0.1) is 0 Å². The van der Waals surface area contributed by atoms with Gasteiger partial charge in [-0.25, -0.2) is 0 Å². The lowest BCUT2D eigenvalue weighted by Gasteiger charge is -2.05. The number of aromatic nitrogens is 2. The molecule has 17 heavy (non-hydrogen) atoms. The minimum atomic E-state index is 0.395. The second-order valence-electron chi connectivity index (χ2n) is 3.27. The van der Waals surface area contributed by atoms with Gasteiger partial charge in [-0.1, -0.05) is 17.2 Å². The number of para-hydroxylation sites is 1. The molecular weight excluding hydrogens is 258 g/mol. The van der Waals surface area contributed by atoms with Crippen molar-refractivity contribution in [2.75, 3.05) is 17.5 Å². The lowest BCUT2D eigenvalue weighted by molar-refractivity contribution is 0.516. The van der Waals surface area contributed by atoms with Gasteiger partial charge in [0, 0.05) is 17.2 Å². The fourth-order valence-corrected chi connectivity index (χ4v) is 2.06. The molecule has 0 aliphatic rings. The summed E-state index contributed by atoms with van der Waals surface area (Å²) < 4.78 is 5.40. The summed E-state index contributed by atoms with van der Waals surface area (Å²) in [5.74, 6) is 1.02. The van der Waals surface area contributed by atoms with Crippen LogP contribution < -0.4 is 5.32 Å². The van der Waals surface area contributed by atoms with E-state index in [0.29, 0.717) is 24.2 Å². The van der Waals surface area contributed by atoms with Gasteiger partial charge in [0.15, 0.2) is 0 Å². The fraction of sp³-hybridized carbons (Fsp3) is 0.273. The monoisotopic (exact) mass is 269 g/mol.